The molecule has 3 aromatic heterocycles. The lowest BCUT2D eigenvalue weighted by molar-refractivity contribution is 0.278. The number of benzene rings is 2. The lowest BCUT2D eigenvalue weighted by Gasteiger charge is -2.05. The largest absolute Gasteiger partial charge is 0.497 e. The molecule has 5 aromatic rings. The molecule has 0 bridgehead atoms. The highest BCUT2D eigenvalue weighted by atomic mass is 16.5. The first-order chi connectivity index (χ1) is 15.7. The first-order valence-corrected chi connectivity index (χ1v) is 10.9. The maximum atomic E-state index is 9.33. The summed E-state index contributed by atoms with van der Waals surface area (Å²) in [5.41, 5.74) is 6.50. The van der Waals surface area contributed by atoms with Crippen LogP contribution in [-0.4, -0.2) is 32.2 Å². The van der Waals surface area contributed by atoms with E-state index >= 15 is 0 Å². The van der Waals surface area contributed by atoms with Crippen LogP contribution in [0.25, 0.3) is 21.8 Å². The molecule has 2 aromatic carbocycles. The lowest BCUT2D eigenvalue weighted by atomic mass is 10.1. The lowest BCUT2D eigenvalue weighted by Crippen LogP contribution is -2.01. The molecule has 32 heavy (non-hydrogen) atoms. The molecule has 6 heteroatoms. The predicted octanol–water partition coefficient (Wildman–Crippen LogP) is 4.71. The van der Waals surface area contributed by atoms with Crippen LogP contribution < -0.4 is 4.74 Å². The number of ether oxygens (including phenoxy) is 1. The molecule has 0 aliphatic rings. The van der Waals surface area contributed by atoms with Crippen molar-refractivity contribution >= 4 is 21.8 Å². The van der Waals surface area contributed by atoms with Crippen LogP contribution in [0.5, 0.6) is 5.75 Å². The van der Waals surface area contributed by atoms with Crippen molar-refractivity contribution in [1.82, 2.24) is 19.9 Å². The number of nitrogens with zero attached hydrogens (tertiary/aromatic N) is 2. The van der Waals surface area contributed by atoms with Gasteiger partial charge in [-0.1, -0.05) is 6.07 Å². The first kappa shape index (κ1) is 20.3. The van der Waals surface area contributed by atoms with Crippen molar-refractivity contribution < 1.29 is 9.84 Å². The minimum absolute atomic E-state index is 0.0192. The van der Waals surface area contributed by atoms with E-state index in [1.54, 1.807) is 7.11 Å². The quantitative estimate of drug-likeness (QED) is 0.335. The molecule has 0 atom stereocenters. The average molecular weight is 427 g/mol. The van der Waals surface area contributed by atoms with E-state index in [0.29, 0.717) is 0 Å². The highest BCUT2D eigenvalue weighted by Crippen LogP contribution is 2.25. The van der Waals surface area contributed by atoms with Gasteiger partial charge in [0.15, 0.2) is 0 Å². The Kier molecular flexibility index (Phi) is 5.60. The van der Waals surface area contributed by atoms with Gasteiger partial charge in [-0.3, -0.25) is 0 Å². The number of hydrogen-bond acceptors (Lipinski definition) is 4. The molecule has 0 amide bonds. The molecule has 0 spiro atoms. The molecule has 0 saturated carbocycles. The summed E-state index contributed by atoms with van der Waals surface area (Å²) in [4.78, 5) is 15.8. The Morgan fingerprint density at radius 3 is 2.78 bits per heavy atom. The molecule has 5 rings (SSSR count). The summed E-state index contributed by atoms with van der Waals surface area (Å²) in [7, 11) is 1.69. The van der Waals surface area contributed by atoms with Gasteiger partial charge in [0.2, 0.25) is 0 Å². The number of aliphatic hydroxyl groups is 1. The van der Waals surface area contributed by atoms with E-state index in [9.17, 15) is 5.11 Å². The van der Waals surface area contributed by atoms with E-state index in [0.717, 1.165) is 65.1 Å². The highest BCUT2D eigenvalue weighted by Gasteiger charge is 2.08. The number of aromatic amines is 2. The van der Waals surface area contributed by atoms with E-state index in [4.69, 9.17) is 9.72 Å². The fourth-order valence-electron chi connectivity index (χ4n) is 4.23. The fourth-order valence-corrected chi connectivity index (χ4v) is 4.23. The minimum Gasteiger partial charge on any atom is -0.497 e. The standard InChI is InChI=1S/C26H26N4O2/c1-32-22-6-8-25-23(14-22)18(15-28-25)3-2-4-26-27-10-9-20(30-26)12-17-5-7-24-19(11-17)13-21(16-31)29-24/h5-11,13-15,28-29,31H,2-4,12,16H2,1H3. The van der Waals surface area contributed by atoms with Gasteiger partial charge >= 0.3 is 0 Å². The molecule has 0 fully saturated rings. The number of aryl methyl sites for hydroxylation is 2. The Morgan fingerprint density at radius 1 is 1.00 bits per heavy atom. The number of fused-ring (bicyclic) bond motifs is 2. The Labute approximate surface area is 186 Å². The second-order valence-corrected chi connectivity index (χ2v) is 8.09. The second-order valence-electron chi connectivity index (χ2n) is 8.09. The smallest absolute Gasteiger partial charge is 0.128 e. The molecule has 3 N–H and O–H groups in total. The third-order valence-corrected chi connectivity index (χ3v) is 5.88. The number of rotatable bonds is 8. The maximum absolute atomic E-state index is 9.33. The summed E-state index contributed by atoms with van der Waals surface area (Å²) in [6.45, 7) is 0.0192. The minimum atomic E-state index is 0.0192. The van der Waals surface area contributed by atoms with Gasteiger partial charge in [-0.05, 0) is 66.4 Å². The van der Waals surface area contributed by atoms with Gasteiger partial charge in [-0.25, -0.2) is 9.97 Å². The van der Waals surface area contributed by atoms with Crippen molar-refractivity contribution in [1.29, 1.82) is 0 Å². The van der Waals surface area contributed by atoms with E-state index < -0.39 is 0 Å². The van der Waals surface area contributed by atoms with Crippen molar-refractivity contribution in [3.8, 4) is 5.75 Å². The first-order valence-electron chi connectivity index (χ1n) is 10.9. The molecule has 0 aliphatic carbocycles. The zero-order valence-corrected chi connectivity index (χ0v) is 18.1. The SMILES string of the molecule is COc1ccc2[nH]cc(CCCc3nccc(Cc4ccc5[nH]c(CO)cc5c4)n3)c2c1. The Bertz CT molecular complexity index is 1370. The number of H-pyrrole nitrogens is 2. The van der Waals surface area contributed by atoms with E-state index in [-0.39, 0.29) is 6.61 Å². The van der Waals surface area contributed by atoms with Crippen molar-refractivity contribution in [3.05, 3.63) is 89.3 Å². The summed E-state index contributed by atoms with van der Waals surface area (Å²) < 4.78 is 5.37. The van der Waals surface area contributed by atoms with Crippen molar-refractivity contribution in [2.24, 2.45) is 0 Å². The van der Waals surface area contributed by atoms with Crippen LogP contribution in [0.4, 0.5) is 0 Å². The number of aromatic nitrogens is 4. The molecule has 0 saturated heterocycles. The van der Waals surface area contributed by atoms with E-state index in [1.807, 2.05) is 24.4 Å². The van der Waals surface area contributed by atoms with Gasteiger partial charge < -0.3 is 19.8 Å². The predicted molar refractivity (Wildman–Crippen MR) is 126 cm³/mol. The highest BCUT2D eigenvalue weighted by molar-refractivity contribution is 5.84. The molecular weight excluding hydrogens is 400 g/mol. The molecule has 6 nitrogen and oxygen atoms in total. The Balaban J connectivity index is 1.24. The number of nitrogens with one attached hydrogen (secondary N) is 2. The molecule has 162 valence electrons. The van der Waals surface area contributed by atoms with Crippen molar-refractivity contribution in [2.45, 2.75) is 32.3 Å². The maximum Gasteiger partial charge on any atom is 0.128 e. The summed E-state index contributed by atoms with van der Waals surface area (Å²) in [6.07, 6.45) is 7.47. The topological polar surface area (TPSA) is 86.8 Å². The summed E-state index contributed by atoms with van der Waals surface area (Å²) in [5.74, 6) is 1.75. The van der Waals surface area contributed by atoms with Crippen LogP contribution in [0.15, 0.2) is 60.9 Å². The fraction of sp³-hybridized carbons (Fsp3) is 0.231. The molecule has 3 heterocycles. The second kappa shape index (κ2) is 8.85. The third-order valence-electron chi connectivity index (χ3n) is 5.88. The molecule has 0 aliphatic heterocycles. The summed E-state index contributed by atoms with van der Waals surface area (Å²) in [6, 6.07) is 16.4. The monoisotopic (exact) mass is 426 g/mol. The molecular formula is C26H26N4O2. The van der Waals surface area contributed by atoms with E-state index in [1.165, 1.54) is 16.5 Å². The van der Waals surface area contributed by atoms with Gasteiger partial charge in [0, 0.05) is 58.4 Å². The third kappa shape index (κ3) is 4.22. The van der Waals surface area contributed by atoms with E-state index in [2.05, 4.69) is 51.5 Å². The van der Waals surface area contributed by atoms with Crippen LogP contribution in [0.2, 0.25) is 0 Å². The molecule has 0 unspecified atom stereocenters. The van der Waals surface area contributed by atoms with Crippen LogP contribution >= 0.6 is 0 Å². The number of methoxy groups -OCH3 is 1. The molecule has 0 radical (unpaired) electrons. The number of aliphatic hydroxyl groups excluding tert-OH is 1. The van der Waals surface area contributed by atoms with Crippen LogP contribution in [0, 0.1) is 0 Å². The van der Waals surface area contributed by atoms with Crippen LogP contribution in [-0.2, 0) is 25.9 Å². The summed E-state index contributed by atoms with van der Waals surface area (Å²) in [5, 5.41) is 11.6. The van der Waals surface area contributed by atoms with Crippen LogP contribution in [0.3, 0.4) is 0 Å². The Morgan fingerprint density at radius 2 is 1.91 bits per heavy atom. The average Bonchev–Trinajstić information content (AvgIpc) is 3.42. The van der Waals surface area contributed by atoms with Gasteiger partial charge in [-0.2, -0.15) is 0 Å². The Hall–Kier alpha value is -3.64. The van der Waals surface area contributed by atoms with Crippen LogP contribution in [0.1, 0.15) is 34.8 Å². The zero-order valence-electron chi connectivity index (χ0n) is 18.1. The zero-order chi connectivity index (χ0) is 21.9. The number of hydrogen-bond donors (Lipinski definition) is 3. The van der Waals surface area contributed by atoms with Gasteiger partial charge in [0.25, 0.3) is 0 Å². The van der Waals surface area contributed by atoms with Crippen molar-refractivity contribution in [3.63, 3.8) is 0 Å². The summed E-state index contributed by atoms with van der Waals surface area (Å²) >= 11 is 0. The van der Waals surface area contributed by atoms with Gasteiger partial charge in [-0.15, -0.1) is 0 Å². The van der Waals surface area contributed by atoms with Crippen molar-refractivity contribution in [2.75, 3.05) is 7.11 Å². The van der Waals surface area contributed by atoms with Gasteiger partial charge in [0.05, 0.1) is 13.7 Å². The normalized spacial score (nSPS) is 11.4. The van der Waals surface area contributed by atoms with Gasteiger partial charge in [0.1, 0.15) is 11.6 Å².